The molecule has 0 spiro atoms. The van der Waals surface area contributed by atoms with Gasteiger partial charge in [-0.25, -0.2) is 0 Å². The van der Waals surface area contributed by atoms with Gasteiger partial charge in [0.2, 0.25) is 0 Å². The quantitative estimate of drug-likeness (QED) is 0.885. The maximum absolute atomic E-state index is 5.51. The second-order valence-electron chi connectivity index (χ2n) is 5.31. The highest BCUT2D eigenvalue weighted by Gasteiger charge is 2.15. The van der Waals surface area contributed by atoms with Crippen LogP contribution in [0.3, 0.4) is 0 Å². The Labute approximate surface area is 116 Å². The van der Waals surface area contributed by atoms with Crippen LogP contribution in [0.2, 0.25) is 0 Å². The summed E-state index contributed by atoms with van der Waals surface area (Å²) in [6, 6.07) is 4.74. The van der Waals surface area contributed by atoms with Crippen molar-refractivity contribution in [2.75, 3.05) is 20.8 Å². The van der Waals surface area contributed by atoms with E-state index < -0.39 is 0 Å². The average Bonchev–Trinajstić information content (AvgIpc) is 2.46. The van der Waals surface area contributed by atoms with Gasteiger partial charge in [0.05, 0.1) is 14.2 Å². The molecule has 0 amide bonds. The van der Waals surface area contributed by atoms with Crippen molar-refractivity contribution >= 4 is 0 Å². The van der Waals surface area contributed by atoms with Crippen molar-refractivity contribution in [1.82, 2.24) is 5.32 Å². The molecule has 1 aromatic rings. The van der Waals surface area contributed by atoms with E-state index in [1.54, 1.807) is 14.2 Å². The zero-order valence-corrected chi connectivity index (χ0v) is 12.3. The van der Waals surface area contributed by atoms with Gasteiger partial charge in [0.25, 0.3) is 0 Å². The van der Waals surface area contributed by atoms with Crippen molar-refractivity contribution < 1.29 is 9.47 Å². The highest BCUT2D eigenvalue weighted by molar-refractivity contribution is 5.46. The first-order chi connectivity index (χ1) is 9.24. The molecule has 0 aromatic heterocycles. The summed E-state index contributed by atoms with van der Waals surface area (Å²) in [5.74, 6) is 1.82. The zero-order chi connectivity index (χ0) is 13.7. The lowest BCUT2D eigenvalue weighted by molar-refractivity contribution is 0.373. The van der Waals surface area contributed by atoms with Crippen LogP contribution >= 0.6 is 0 Å². The van der Waals surface area contributed by atoms with E-state index in [1.165, 1.54) is 43.4 Å². The van der Waals surface area contributed by atoms with E-state index in [1.807, 2.05) is 6.07 Å². The van der Waals surface area contributed by atoms with E-state index in [-0.39, 0.29) is 0 Å². The molecule has 1 fully saturated rings. The third-order valence-corrected chi connectivity index (χ3v) is 4.02. The number of methoxy groups -OCH3 is 2. The first kappa shape index (κ1) is 14.2. The fourth-order valence-corrected chi connectivity index (χ4v) is 2.86. The van der Waals surface area contributed by atoms with Crippen LogP contribution in [0.4, 0.5) is 0 Å². The number of piperidine rings is 1. The van der Waals surface area contributed by atoms with Crippen molar-refractivity contribution in [3.05, 3.63) is 23.3 Å². The number of hydrogen-bond acceptors (Lipinski definition) is 3. The van der Waals surface area contributed by atoms with E-state index >= 15 is 0 Å². The third kappa shape index (κ3) is 3.63. The average molecular weight is 263 g/mol. The second-order valence-corrected chi connectivity index (χ2v) is 5.31. The monoisotopic (exact) mass is 263 g/mol. The molecule has 19 heavy (non-hydrogen) atoms. The van der Waals surface area contributed by atoms with E-state index in [9.17, 15) is 0 Å². The molecule has 106 valence electrons. The summed E-state index contributed by atoms with van der Waals surface area (Å²) in [5, 5.41) is 3.60. The minimum atomic E-state index is 0.667. The number of hydrogen-bond donors (Lipinski definition) is 1. The van der Waals surface area contributed by atoms with E-state index in [0.29, 0.717) is 6.04 Å². The van der Waals surface area contributed by atoms with Gasteiger partial charge in [-0.2, -0.15) is 0 Å². The summed E-state index contributed by atoms with van der Waals surface area (Å²) >= 11 is 0. The summed E-state index contributed by atoms with van der Waals surface area (Å²) < 4.78 is 10.8. The van der Waals surface area contributed by atoms with Crippen LogP contribution in [0.1, 0.15) is 36.8 Å². The Bertz CT molecular complexity index is 411. The minimum absolute atomic E-state index is 0.667. The number of benzene rings is 1. The minimum Gasteiger partial charge on any atom is -0.497 e. The summed E-state index contributed by atoms with van der Waals surface area (Å²) in [6.07, 6.45) is 6.23. The molecule has 1 N–H and O–H groups in total. The first-order valence-electron chi connectivity index (χ1n) is 7.19. The molecule has 2 rings (SSSR count). The molecule has 1 aliphatic rings. The van der Waals surface area contributed by atoms with Crippen LogP contribution in [-0.2, 0) is 6.42 Å². The topological polar surface area (TPSA) is 30.5 Å². The molecule has 1 unspecified atom stereocenters. The molecule has 3 nitrogen and oxygen atoms in total. The molecule has 1 heterocycles. The van der Waals surface area contributed by atoms with E-state index in [0.717, 1.165) is 17.9 Å². The van der Waals surface area contributed by atoms with Gasteiger partial charge in [-0.05, 0) is 56.3 Å². The van der Waals surface area contributed by atoms with Gasteiger partial charge >= 0.3 is 0 Å². The maximum atomic E-state index is 5.51. The molecule has 0 bridgehead atoms. The number of ether oxygens (including phenoxy) is 2. The second kappa shape index (κ2) is 6.80. The Morgan fingerprint density at radius 3 is 2.68 bits per heavy atom. The van der Waals surface area contributed by atoms with Gasteiger partial charge < -0.3 is 14.8 Å². The number of nitrogens with one attached hydrogen (secondary N) is 1. The standard InChI is InChI=1S/C16H25NO2/c1-12-10-14(18-2)11-16(19-3)15(12)8-7-13-6-4-5-9-17-13/h10-11,13,17H,4-9H2,1-3H3. The van der Waals surface area contributed by atoms with E-state index in [4.69, 9.17) is 9.47 Å². The predicted octanol–water partition coefficient (Wildman–Crippen LogP) is 3.09. The molecule has 1 aliphatic heterocycles. The highest BCUT2D eigenvalue weighted by atomic mass is 16.5. The Morgan fingerprint density at radius 1 is 1.21 bits per heavy atom. The molecule has 1 aromatic carbocycles. The highest BCUT2D eigenvalue weighted by Crippen LogP contribution is 2.30. The molecule has 3 heteroatoms. The summed E-state index contributed by atoms with van der Waals surface area (Å²) in [4.78, 5) is 0. The molecular formula is C16H25NO2. The Balaban J connectivity index is 2.05. The van der Waals surface area contributed by atoms with Crippen LogP contribution in [0, 0.1) is 6.92 Å². The lowest BCUT2D eigenvalue weighted by atomic mass is 9.95. The van der Waals surface area contributed by atoms with Gasteiger partial charge in [-0.3, -0.25) is 0 Å². The number of aryl methyl sites for hydroxylation is 1. The smallest absolute Gasteiger partial charge is 0.126 e. The Morgan fingerprint density at radius 2 is 2.05 bits per heavy atom. The summed E-state index contributed by atoms with van der Waals surface area (Å²) in [7, 11) is 3.43. The van der Waals surface area contributed by atoms with Crippen molar-refractivity contribution in [3.8, 4) is 11.5 Å². The molecular weight excluding hydrogens is 238 g/mol. The molecule has 0 radical (unpaired) electrons. The van der Waals surface area contributed by atoms with Gasteiger partial charge in [0.1, 0.15) is 11.5 Å². The SMILES string of the molecule is COc1cc(C)c(CCC2CCCCN2)c(OC)c1. The largest absolute Gasteiger partial charge is 0.497 e. The summed E-state index contributed by atoms with van der Waals surface area (Å²) in [5.41, 5.74) is 2.57. The van der Waals surface area contributed by atoms with Crippen molar-refractivity contribution in [2.45, 2.75) is 45.1 Å². The van der Waals surface area contributed by atoms with Gasteiger partial charge in [-0.15, -0.1) is 0 Å². The normalized spacial score (nSPS) is 19.2. The van der Waals surface area contributed by atoms with Crippen LogP contribution in [0.25, 0.3) is 0 Å². The molecule has 0 saturated carbocycles. The molecule has 1 saturated heterocycles. The predicted molar refractivity (Wildman–Crippen MR) is 78.2 cm³/mol. The summed E-state index contributed by atoms with van der Waals surface area (Å²) in [6.45, 7) is 3.30. The Hall–Kier alpha value is -1.22. The van der Waals surface area contributed by atoms with Gasteiger partial charge in [-0.1, -0.05) is 6.42 Å². The first-order valence-corrected chi connectivity index (χ1v) is 7.19. The van der Waals surface area contributed by atoms with Crippen molar-refractivity contribution in [1.29, 1.82) is 0 Å². The van der Waals surface area contributed by atoms with Gasteiger partial charge in [0, 0.05) is 12.1 Å². The van der Waals surface area contributed by atoms with Crippen LogP contribution in [0.15, 0.2) is 12.1 Å². The van der Waals surface area contributed by atoms with Crippen LogP contribution in [0.5, 0.6) is 11.5 Å². The van der Waals surface area contributed by atoms with E-state index in [2.05, 4.69) is 18.3 Å². The van der Waals surface area contributed by atoms with Gasteiger partial charge in [0.15, 0.2) is 0 Å². The lowest BCUT2D eigenvalue weighted by Crippen LogP contribution is -2.34. The fraction of sp³-hybridized carbons (Fsp3) is 0.625. The number of rotatable bonds is 5. The third-order valence-electron chi connectivity index (χ3n) is 4.02. The molecule has 0 aliphatic carbocycles. The maximum Gasteiger partial charge on any atom is 0.126 e. The lowest BCUT2D eigenvalue weighted by Gasteiger charge is -2.24. The van der Waals surface area contributed by atoms with Crippen LogP contribution < -0.4 is 14.8 Å². The van der Waals surface area contributed by atoms with Crippen LogP contribution in [-0.4, -0.2) is 26.8 Å². The fourth-order valence-electron chi connectivity index (χ4n) is 2.86. The van der Waals surface area contributed by atoms with Crippen molar-refractivity contribution in [3.63, 3.8) is 0 Å². The van der Waals surface area contributed by atoms with Crippen molar-refractivity contribution in [2.24, 2.45) is 0 Å². The zero-order valence-electron chi connectivity index (χ0n) is 12.3. The Kier molecular flexibility index (Phi) is 5.08. The molecule has 1 atom stereocenters.